The highest BCUT2D eigenvalue weighted by atomic mass is 35.5. The van der Waals surface area contributed by atoms with Crippen molar-refractivity contribution in [2.75, 3.05) is 0 Å². The Morgan fingerprint density at radius 3 is 2.48 bits per heavy atom. The Morgan fingerprint density at radius 2 is 1.74 bits per heavy atom. The molecule has 10 heteroatoms. The molecule has 0 N–H and O–H groups in total. The molecule has 0 aliphatic rings. The molecule has 6 nitrogen and oxygen atoms in total. The fourth-order valence-corrected chi connectivity index (χ4v) is 2.68. The minimum absolute atomic E-state index is 0.00493. The molecule has 0 amide bonds. The zero-order valence-electron chi connectivity index (χ0n) is 13.4. The summed E-state index contributed by atoms with van der Waals surface area (Å²) in [5, 5.41) is 3.97. The van der Waals surface area contributed by atoms with Crippen molar-refractivity contribution in [3.05, 3.63) is 74.6 Å². The second-order valence-electron chi connectivity index (χ2n) is 5.14. The van der Waals surface area contributed by atoms with Gasteiger partial charge in [-0.15, -0.1) is 0 Å². The van der Waals surface area contributed by atoms with Crippen LogP contribution in [0.15, 0.2) is 40.9 Å². The molecule has 0 atom stereocenters. The van der Waals surface area contributed by atoms with Crippen LogP contribution in [0.3, 0.4) is 0 Å². The number of carbonyl (C=O) groups is 1. The fourth-order valence-electron chi connectivity index (χ4n) is 2.00. The molecular weight excluding hydrogens is 422 g/mol. The highest BCUT2D eigenvalue weighted by molar-refractivity contribution is 6.46. The van der Waals surface area contributed by atoms with Crippen LogP contribution in [-0.4, -0.2) is 16.1 Å². The van der Waals surface area contributed by atoms with Crippen LogP contribution < -0.4 is 4.74 Å². The maximum atomic E-state index is 12.8. The van der Waals surface area contributed by atoms with Gasteiger partial charge in [-0.3, -0.25) is 0 Å². The maximum Gasteiger partial charge on any atom is 0.341 e. The van der Waals surface area contributed by atoms with Crippen molar-refractivity contribution in [3.63, 3.8) is 0 Å². The quantitative estimate of drug-likeness (QED) is 0.399. The van der Waals surface area contributed by atoms with E-state index in [0.29, 0.717) is 5.75 Å². The van der Waals surface area contributed by atoms with Gasteiger partial charge in [-0.1, -0.05) is 40.0 Å². The summed E-state index contributed by atoms with van der Waals surface area (Å²) in [6, 6.07) is 8.37. The Labute approximate surface area is 167 Å². The largest absolute Gasteiger partial charge is 0.485 e. The SMILES string of the molecule is O=C(OCc1nc(COc2ccc(F)cc2)no1)c1c(Cl)ccc(Cl)c1Cl. The fraction of sp³-hybridized carbons (Fsp3) is 0.118. The second-order valence-corrected chi connectivity index (χ2v) is 6.33. The van der Waals surface area contributed by atoms with Crippen molar-refractivity contribution in [3.8, 4) is 5.75 Å². The lowest BCUT2D eigenvalue weighted by Crippen LogP contribution is -2.07. The van der Waals surface area contributed by atoms with Gasteiger partial charge in [-0.05, 0) is 36.4 Å². The molecule has 0 saturated carbocycles. The number of halogens is 4. The number of ether oxygens (including phenoxy) is 2. The minimum atomic E-state index is -0.783. The van der Waals surface area contributed by atoms with Crippen LogP contribution in [0.5, 0.6) is 5.75 Å². The molecule has 0 spiro atoms. The molecule has 1 aromatic heterocycles. The number of esters is 1. The van der Waals surface area contributed by atoms with Crippen LogP contribution >= 0.6 is 34.8 Å². The van der Waals surface area contributed by atoms with Crippen LogP contribution in [0, 0.1) is 5.82 Å². The van der Waals surface area contributed by atoms with Crippen LogP contribution in [0.2, 0.25) is 15.1 Å². The van der Waals surface area contributed by atoms with Crippen molar-refractivity contribution in [2.45, 2.75) is 13.2 Å². The Balaban J connectivity index is 1.57. The topological polar surface area (TPSA) is 74.5 Å². The lowest BCUT2D eigenvalue weighted by molar-refractivity contribution is 0.0430. The molecule has 0 aliphatic heterocycles. The first-order valence-corrected chi connectivity index (χ1v) is 8.58. The van der Waals surface area contributed by atoms with Gasteiger partial charge in [-0.25, -0.2) is 9.18 Å². The Bertz CT molecular complexity index is 963. The second kappa shape index (κ2) is 8.56. The lowest BCUT2D eigenvalue weighted by Gasteiger charge is -2.07. The van der Waals surface area contributed by atoms with Gasteiger partial charge in [-0.2, -0.15) is 4.98 Å². The van der Waals surface area contributed by atoms with Crippen LogP contribution in [-0.2, 0) is 18.0 Å². The third-order valence-electron chi connectivity index (χ3n) is 3.27. The van der Waals surface area contributed by atoms with Gasteiger partial charge in [0.1, 0.15) is 11.6 Å². The Hall–Kier alpha value is -2.35. The predicted molar refractivity (Wildman–Crippen MR) is 95.6 cm³/mol. The number of nitrogens with zero attached hydrogens (tertiary/aromatic N) is 2. The molecule has 0 bridgehead atoms. The summed E-state index contributed by atoms with van der Waals surface area (Å²) in [4.78, 5) is 16.2. The van der Waals surface area contributed by atoms with Crippen LogP contribution in [0.25, 0.3) is 0 Å². The van der Waals surface area contributed by atoms with Gasteiger partial charge in [0, 0.05) is 0 Å². The summed E-state index contributed by atoms with van der Waals surface area (Å²) in [6.07, 6.45) is 0. The molecule has 1 heterocycles. The molecule has 3 aromatic rings. The summed E-state index contributed by atoms with van der Waals surface area (Å²) in [5.74, 6) is -0.431. The predicted octanol–water partition coefficient (Wildman–Crippen LogP) is 5.10. The van der Waals surface area contributed by atoms with E-state index in [-0.39, 0.29) is 51.4 Å². The third-order valence-corrected chi connectivity index (χ3v) is 4.39. The van der Waals surface area contributed by atoms with Crippen molar-refractivity contribution in [1.82, 2.24) is 10.1 Å². The number of carbonyl (C=O) groups excluding carboxylic acids is 1. The molecule has 0 unspecified atom stereocenters. The highest BCUT2D eigenvalue weighted by Gasteiger charge is 2.20. The number of aromatic nitrogens is 2. The van der Waals surface area contributed by atoms with Crippen LogP contribution in [0.1, 0.15) is 22.1 Å². The van der Waals surface area contributed by atoms with Gasteiger partial charge in [0.05, 0.1) is 20.6 Å². The van der Waals surface area contributed by atoms with Crippen molar-refractivity contribution in [2.24, 2.45) is 0 Å². The summed E-state index contributed by atoms with van der Waals surface area (Å²) >= 11 is 17.8. The van der Waals surface area contributed by atoms with Crippen molar-refractivity contribution >= 4 is 40.8 Å². The minimum Gasteiger partial charge on any atom is -0.485 e. The molecular formula is C17H10Cl3FN2O4. The first-order chi connectivity index (χ1) is 12.9. The summed E-state index contributed by atoms with van der Waals surface area (Å²) in [7, 11) is 0. The lowest BCUT2D eigenvalue weighted by atomic mass is 10.2. The maximum absolute atomic E-state index is 12.8. The average Bonchev–Trinajstić information content (AvgIpc) is 3.11. The van der Waals surface area contributed by atoms with E-state index in [4.69, 9.17) is 48.8 Å². The first kappa shape index (κ1) is 19.4. The van der Waals surface area contributed by atoms with E-state index in [1.807, 2.05) is 0 Å². The van der Waals surface area contributed by atoms with Crippen molar-refractivity contribution < 1.29 is 23.2 Å². The zero-order valence-corrected chi connectivity index (χ0v) is 15.7. The monoisotopic (exact) mass is 430 g/mol. The van der Waals surface area contributed by atoms with Crippen LogP contribution in [0.4, 0.5) is 4.39 Å². The van der Waals surface area contributed by atoms with E-state index in [9.17, 15) is 9.18 Å². The molecule has 0 radical (unpaired) electrons. The standard InChI is InChI=1S/C17H10Cl3FN2O4/c18-11-5-6-12(19)16(20)15(11)17(24)26-8-14-22-13(23-27-14)7-25-10-3-1-9(21)2-4-10/h1-6H,7-8H2. The third kappa shape index (κ3) is 4.88. The van der Waals surface area contributed by atoms with Gasteiger partial charge in [0.15, 0.2) is 13.2 Å². The number of rotatable bonds is 6. The molecule has 27 heavy (non-hydrogen) atoms. The Morgan fingerprint density at radius 1 is 1.04 bits per heavy atom. The summed E-state index contributed by atoms with van der Waals surface area (Å²) < 4.78 is 28.3. The average molecular weight is 432 g/mol. The van der Waals surface area contributed by atoms with Gasteiger partial charge < -0.3 is 14.0 Å². The van der Waals surface area contributed by atoms with Gasteiger partial charge in [0.25, 0.3) is 5.89 Å². The molecule has 0 saturated heterocycles. The van der Waals surface area contributed by atoms with E-state index in [1.165, 1.54) is 36.4 Å². The molecule has 0 fully saturated rings. The zero-order chi connectivity index (χ0) is 19.4. The van der Waals surface area contributed by atoms with Crippen molar-refractivity contribution in [1.29, 1.82) is 0 Å². The van der Waals surface area contributed by atoms with E-state index in [1.54, 1.807) is 0 Å². The summed E-state index contributed by atoms with van der Waals surface area (Å²) in [6.45, 7) is -0.295. The van der Waals surface area contributed by atoms with Gasteiger partial charge >= 0.3 is 5.97 Å². The van der Waals surface area contributed by atoms with Gasteiger partial charge in [0.2, 0.25) is 5.82 Å². The number of hydrogen-bond donors (Lipinski definition) is 0. The molecule has 2 aromatic carbocycles. The Kier molecular flexibility index (Phi) is 6.15. The molecule has 3 rings (SSSR count). The van der Waals surface area contributed by atoms with E-state index in [2.05, 4.69) is 10.1 Å². The normalized spacial score (nSPS) is 10.7. The summed E-state index contributed by atoms with van der Waals surface area (Å²) in [5.41, 5.74) is -0.0507. The van der Waals surface area contributed by atoms with E-state index >= 15 is 0 Å². The van der Waals surface area contributed by atoms with E-state index < -0.39 is 5.97 Å². The number of benzene rings is 2. The van der Waals surface area contributed by atoms with E-state index in [0.717, 1.165) is 0 Å². The first-order valence-electron chi connectivity index (χ1n) is 7.44. The molecule has 140 valence electrons. The molecule has 0 aliphatic carbocycles. The highest BCUT2D eigenvalue weighted by Crippen LogP contribution is 2.32. The number of hydrogen-bond acceptors (Lipinski definition) is 6. The smallest absolute Gasteiger partial charge is 0.341 e.